The van der Waals surface area contributed by atoms with E-state index in [0.29, 0.717) is 12.1 Å². The van der Waals surface area contributed by atoms with Crippen molar-refractivity contribution >= 4 is 8.56 Å². The highest BCUT2D eigenvalue weighted by Crippen LogP contribution is 2.22. The van der Waals surface area contributed by atoms with Crippen LogP contribution in [0.25, 0.3) is 0 Å². The molecule has 0 aliphatic heterocycles. The molecular weight excluding hydrogens is 268 g/mol. The Kier molecular flexibility index (Phi) is 4.89. The first-order valence-electron chi connectivity index (χ1n) is 5.27. The zero-order chi connectivity index (χ0) is 13.9. The number of aryl methyl sites for hydroxylation is 1. The van der Waals surface area contributed by atoms with Gasteiger partial charge >= 0.3 is 8.56 Å². The minimum Gasteiger partial charge on any atom is -0.398 e. The summed E-state index contributed by atoms with van der Waals surface area (Å²) in [5, 5.41) is 0. The van der Waals surface area contributed by atoms with Crippen LogP contribution in [0, 0.1) is 23.3 Å². The van der Waals surface area contributed by atoms with E-state index in [1.54, 1.807) is 6.55 Å². The van der Waals surface area contributed by atoms with Crippen LogP contribution in [0.5, 0.6) is 0 Å². The van der Waals surface area contributed by atoms with Gasteiger partial charge in [0.2, 0.25) is 0 Å². The van der Waals surface area contributed by atoms with E-state index in [1.807, 2.05) is 0 Å². The molecule has 0 saturated heterocycles. The first-order valence-corrected chi connectivity index (χ1v) is 7.79. The maximum Gasteiger partial charge on any atom is 0.334 e. The summed E-state index contributed by atoms with van der Waals surface area (Å²) in [6.45, 7) is 1.74. The van der Waals surface area contributed by atoms with Crippen LogP contribution in [0.1, 0.15) is 5.56 Å². The second-order valence-corrected chi connectivity index (χ2v) is 7.59. The van der Waals surface area contributed by atoms with Gasteiger partial charge in [-0.15, -0.1) is 0 Å². The summed E-state index contributed by atoms with van der Waals surface area (Å²) >= 11 is 0. The van der Waals surface area contributed by atoms with E-state index in [1.165, 1.54) is 14.2 Å². The molecule has 0 atom stereocenters. The summed E-state index contributed by atoms with van der Waals surface area (Å²) in [5.41, 5.74) is -0.223. The number of benzene rings is 1. The average Bonchev–Trinajstić information content (AvgIpc) is 2.38. The zero-order valence-corrected chi connectivity index (χ0v) is 11.3. The Labute approximate surface area is 104 Å². The van der Waals surface area contributed by atoms with E-state index in [9.17, 15) is 17.6 Å². The predicted molar refractivity (Wildman–Crippen MR) is 60.4 cm³/mol. The van der Waals surface area contributed by atoms with Crippen LogP contribution in [0.3, 0.4) is 0 Å². The fourth-order valence-electron chi connectivity index (χ4n) is 1.45. The molecule has 0 amide bonds. The van der Waals surface area contributed by atoms with Gasteiger partial charge in [-0.05, 0) is 30.6 Å². The molecule has 2 nitrogen and oxygen atoms in total. The molecule has 0 bridgehead atoms. The van der Waals surface area contributed by atoms with Crippen molar-refractivity contribution < 1.29 is 26.4 Å². The third-order valence-electron chi connectivity index (χ3n) is 2.89. The van der Waals surface area contributed by atoms with Crippen LogP contribution in [-0.4, -0.2) is 22.8 Å². The van der Waals surface area contributed by atoms with Gasteiger partial charge < -0.3 is 8.85 Å². The van der Waals surface area contributed by atoms with Gasteiger partial charge in [0, 0.05) is 14.2 Å². The van der Waals surface area contributed by atoms with Gasteiger partial charge in [-0.2, -0.15) is 0 Å². The van der Waals surface area contributed by atoms with Crippen LogP contribution in [-0.2, 0) is 15.3 Å². The molecule has 0 radical (unpaired) electrons. The third kappa shape index (κ3) is 3.09. The number of halogens is 4. The smallest absolute Gasteiger partial charge is 0.334 e. The van der Waals surface area contributed by atoms with Crippen LogP contribution in [0.4, 0.5) is 17.6 Å². The molecule has 0 unspecified atom stereocenters. The molecule has 18 heavy (non-hydrogen) atoms. The summed E-state index contributed by atoms with van der Waals surface area (Å²) < 4.78 is 62.4. The molecule has 0 aliphatic carbocycles. The second-order valence-electron chi connectivity index (χ2n) is 4.00. The SMILES string of the molecule is CO[Si](C)(CCc1cc(F)c(F)c(F)c1F)OC. The molecule has 0 fully saturated rings. The number of hydrogen-bond donors (Lipinski definition) is 0. The Balaban J connectivity index is 2.93. The Morgan fingerprint density at radius 2 is 1.56 bits per heavy atom. The molecule has 0 aliphatic rings. The molecule has 1 rings (SSSR count). The van der Waals surface area contributed by atoms with E-state index < -0.39 is 31.8 Å². The Morgan fingerprint density at radius 3 is 2.06 bits per heavy atom. The van der Waals surface area contributed by atoms with Gasteiger partial charge in [-0.3, -0.25) is 0 Å². The molecule has 1 aromatic rings. The molecule has 7 heteroatoms. The molecule has 0 N–H and O–H groups in total. The molecular formula is C11H14F4O2Si. The first-order chi connectivity index (χ1) is 8.34. The minimum atomic E-state index is -2.46. The molecule has 0 aromatic heterocycles. The summed E-state index contributed by atoms with van der Waals surface area (Å²) in [4.78, 5) is 0. The topological polar surface area (TPSA) is 18.5 Å². The van der Waals surface area contributed by atoms with E-state index >= 15 is 0 Å². The summed E-state index contributed by atoms with van der Waals surface area (Å²) in [5.74, 6) is -6.35. The van der Waals surface area contributed by atoms with Crippen molar-refractivity contribution in [1.82, 2.24) is 0 Å². The lowest BCUT2D eigenvalue weighted by Gasteiger charge is -2.22. The Hall–Kier alpha value is -0.923. The molecule has 0 heterocycles. The quantitative estimate of drug-likeness (QED) is 0.357. The van der Waals surface area contributed by atoms with Crippen molar-refractivity contribution in [2.45, 2.75) is 19.0 Å². The van der Waals surface area contributed by atoms with Crippen LogP contribution >= 0.6 is 0 Å². The normalized spacial score (nSPS) is 11.9. The van der Waals surface area contributed by atoms with Gasteiger partial charge in [0.05, 0.1) is 0 Å². The lowest BCUT2D eigenvalue weighted by atomic mass is 10.1. The monoisotopic (exact) mass is 282 g/mol. The highest BCUT2D eigenvalue weighted by atomic mass is 28.4. The molecule has 0 saturated carbocycles. The van der Waals surface area contributed by atoms with Crippen molar-refractivity contribution in [1.29, 1.82) is 0 Å². The maximum atomic E-state index is 13.4. The van der Waals surface area contributed by atoms with E-state index in [4.69, 9.17) is 8.85 Å². The van der Waals surface area contributed by atoms with Crippen molar-refractivity contribution in [3.05, 3.63) is 34.9 Å². The predicted octanol–water partition coefficient (Wildman–Crippen LogP) is 3.15. The maximum absolute atomic E-state index is 13.4. The largest absolute Gasteiger partial charge is 0.398 e. The molecule has 1 aromatic carbocycles. The highest BCUT2D eigenvalue weighted by Gasteiger charge is 2.29. The van der Waals surface area contributed by atoms with Crippen molar-refractivity contribution in [3.63, 3.8) is 0 Å². The minimum absolute atomic E-state index is 0.0182. The van der Waals surface area contributed by atoms with E-state index in [0.717, 1.165) is 0 Å². The van der Waals surface area contributed by atoms with E-state index in [-0.39, 0.29) is 12.0 Å². The molecule has 102 valence electrons. The van der Waals surface area contributed by atoms with Gasteiger partial charge in [-0.25, -0.2) is 17.6 Å². The highest BCUT2D eigenvalue weighted by molar-refractivity contribution is 6.65. The second kappa shape index (κ2) is 5.81. The van der Waals surface area contributed by atoms with E-state index in [2.05, 4.69) is 0 Å². The fourth-order valence-corrected chi connectivity index (χ4v) is 2.75. The Morgan fingerprint density at radius 1 is 1.00 bits per heavy atom. The number of rotatable bonds is 5. The van der Waals surface area contributed by atoms with Gasteiger partial charge in [0.25, 0.3) is 0 Å². The average molecular weight is 282 g/mol. The van der Waals surface area contributed by atoms with Crippen molar-refractivity contribution in [3.8, 4) is 0 Å². The molecule has 0 spiro atoms. The summed E-state index contributed by atoms with van der Waals surface area (Å²) in [6, 6.07) is 0.968. The zero-order valence-electron chi connectivity index (χ0n) is 10.3. The third-order valence-corrected chi connectivity index (χ3v) is 5.78. The first kappa shape index (κ1) is 15.1. The summed E-state index contributed by atoms with van der Waals surface area (Å²) in [7, 11) is 0.456. The Bertz CT molecular complexity index is 436. The van der Waals surface area contributed by atoms with Crippen molar-refractivity contribution in [2.24, 2.45) is 0 Å². The van der Waals surface area contributed by atoms with Crippen molar-refractivity contribution in [2.75, 3.05) is 14.2 Å². The van der Waals surface area contributed by atoms with Gasteiger partial charge in [0.1, 0.15) is 0 Å². The van der Waals surface area contributed by atoms with Crippen LogP contribution in [0.15, 0.2) is 6.07 Å². The van der Waals surface area contributed by atoms with Crippen LogP contribution in [0.2, 0.25) is 12.6 Å². The lowest BCUT2D eigenvalue weighted by molar-refractivity contribution is 0.249. The van der Waals surface area contributed by atoms with Gasteiger partial charge in [0.15, 0.2) is 23.3 Å². The van der Waals surface area contributed by atoms with Crippen LogP contribution < -0.4 is 0 Å². The standard InChI is InChI=1S/C11H14F4O2Si/c1-16-18(3,17-2)5-4-7-6-8(12)10(14)11(15)9(7)13/h6H,4-5H2,1-3H3. The fraction of sp³-hybridized carbons (Fsp3) is 0.455. The van der Waals surface area contributed by atoms with Gasteiger partial charge in [-0.1, -0.05) is 0 Å². The lowest BCUT2D eigenvalue weighted by Crippen LogP contribution is -2.36. The summed E-state index contributed by atoms with van der Waals surface area (Å²) in [6.07, 6.45) is 0.0182. The number of hydrogen-bond acceptors (Lipinski definition) is 2.